The first-order valence-electron chi connectivity index (χ1n) is 6.54. The third-order valence-corrected chi connectivity index (χ3v) is 4.61. The van der Waals surface area contributed by atoms with Gasteiger partial charge in [-0.2, -0.15) is 0 Å². The molecule has 1 nitrogen and oxygen atoms in total. The van der Waals surface area contributed by atoms with Gasteiger partial charge in [0.05, 0.1) is 6.10 Å². The Hall–Kier alpha value is -0.560. The maximum absolute atomic E-state index is 10.2. The van der Waals surface area contributed by atoms with Gasteiger partial charge in [0.15, 0.2) is 0 Å². The smallest absolute Gasteiger partial charge is 0.0637 e. The van der Waals surface area contributed by atoms with Crippen LogP contribution in [0.2, 0.25) is 0 Å². The lowest BCUT2D eigenvalue weighted by molar-refractivity contribution is 0.0407. The quantitative estimate of drug-likeness (QED) is 0.712. The third kappa shape index (κ3) is 1.75. The van der Waals surface area contributed by atoms with Crippen molar-refractivity contribution in [3.05, 3.63) is 22.8 Å². The number of hydrogen-bond acceptors (Lipinski definition) is 1. The first kappa shape index (κ1) is 11.9. The van der Waals surface area contributed by atoms with E-state index in [2.05, 4.69) is 33.8 Å². The van der Waals surface area contributed by atoms with Gasteiger partial charge in [-0.05, 0) is 44.1 Å². The molecule has 0 aromatic carbocycles. The lowest BCUT2D eigenvalue weighted by Crippen LogP contribution is -2.39. The van der Waals surface area contributed by atoms with E-state index in [0.717, 1.165) is 25.7 Å². The molecule has 0 aromatic rings. The molecule has 0 saturated carbocycles. The molecule has 2 aliphatic rings. The molecule has 0 bridgehead atoms. The minimum atomic E-state index is -0.142. The molecule has 0 spiro atoms. The second kappa shape index (κ2) is 4.03. The van der Waals surface area contributed by atoms with Crippen LogP contribution in [-0.4, -0.2) is 11.2 Å². The highest BCUT2D eigenvalue weighted by Crippen LogP contribution is 2.49. The predicted molar refractivity (Wildman–Crippen MR) is 68.2 cm³/mol. The van der Waals surface area contributed by atoms with Gasteiger partial charge in [0.25, 0.3) is 0 Å². The SMILES string of the molecule is CC1=C2C=C(C(C)C)CC[C@@]2(C)[C@H](O)CC1. The summed E-state index contributed by atoms with van der Waals surface area (Å²) in [6.45, 7) is 9.01. The van der Waals surface area contributed by atoms with Crippen LogP contribution in [-0.2, 0) is 0 Å². The van der Waals surface area contributed by atoms with Gasteiger partial charge in [0.2, 0.25) is 0 Å². The highest BCUT2D eigenvalue weighted by atomic mass is 16.3. The molecule has 0 amide bonds. The molecule has 90 valence electrons. The molecule has 2 atom stereocenters. The van der Waals surface area contributed by atoms with Crippen molar-refractivity contribution >= 4 is 0 Å². The van der Waals surface area contributed by atoms with Crippen LogP contribution >= 0.6 is 0 Å². The van der Waals surface area contributed by atoms with Gasteiger partial charge in [-0.3, -0.25) is 0 Å². The summed E-state index contributed by atoms with van der Waals surface area (Å²) in [5.41, 5.74) is 4.51. The Morgan fingerprint density at radius 3 is 2.69 bits per heavy atom. The van der Waals surface area contributed by atoms with Crippen molar-refractivity contribution in [3.63, 3.8) is 0 Å². The van der Waals surface area contributed by atoms with E-state index in [0.29, 0.717) is 5.92 Å². The lowest BCUT2D eigenvalue weighted by atomic mass is 9.63. The standard InChI is InChI=1S/C15H24O/c1-10(2)12-7-8-15(4)13(9-12)11(3)5-6-14(15)16/h9-10,14,16H,5-8H2,1-4H3/t14-,15-/m1/s1. The summed E-state index contributed by atoms with van der Waals surface area (Å²) in [4.78, 5) is 0. The Balaban J connectivity index is 2.44. The van der Waals surface area contributed by atoms with Crippen LogP contribution in [0.5, 0.6) is 0 Å². The highest BCUT2D eigenvalue weighted by Gasteiger charge is 2.41. The second-order valence-corrected chi connectivity index (χ2v) is 6.04. The molecular formula is C15H24O. The first-order valence-corrected chi connectivity index (χ1v) is 6.54. The lowest BCUT2D eigenvalue weighted by Gasteiger charge is -2.44. The van der Waals surface area contributed by atoms with Crippen LogP contribution in [0.4, 0.5) is 0 Å². The van der Waals surface area contributed by atoms with E-state index in [1.54, 1.807) is 5.57 Å². The Morgan fingerprint density at radius 2 is 2.06 bits per heavy atom. The van der Waals surface area contributed by atoms with E-state index in [4.69, 9.17) is 0 Å². The zero-order valence-electron chi connectivity index (χ0n) is 11.0. The maximum atomic E-state index is 10.2. The molecule has 0 saturated heterocycles. The minimum absolute atomic E-state index is 0.0285. The summed E-state index contributed by atoms with van der Waals surface area (Å²) >= 11 is 0. The van der Waals surface area contributed by atoms with Crippen molar-refractivity contribution < 1.29 is 5.11 Å². The number of allylic oxidation sites excluding steroid dienone is 3. The number of rotatable bonds is 1. The average molecular weight is 220 g/mol. The Kier molecular flexibility index (Phi) is 3.00. The van der Waals surface area contributed by atoms with E-state index < -0.39 is 0 Å². The van der Waals surface area contributed by atoms with Crippen molar-refractivity contribution in [3.8, 4) is 0 Å². The van der Waals surface area contributed by atoms with Crippen LogP contribution in [0.15, 0.2) is 22.8 Å². The molecule has 0 radical (unpaired) electrons. The molecular weight excluding hydrogens is 196 g/mol. The number of fused-ring (bicyclic) bond motifs is 1. The van der Waals surface area contributed by atoms with Crippen molar-refractivity contribution in [2.45, 2.75) is 59.5 Å². The van der Waals surface area contributed by atoms with Gasteiger partial charge in [0.1, 0.15) is 0 Å². The van der Waals surface area contributed by atoms with Crippen LogP contribution < -0.4 is 0 Å². The number of hydrogen-bond donors (Lipinski definition) is 1. The van der Waals surface area contributed by atoms with Crippen LogP contribution in [0, 0.1) is 11.3 Å². The van der Waals surface area contributed by atoms with E-state index in [1.807, 2.05) is 0 Å². The van der Waals surface area contributed by atoms with Gasteiger partial charge >= 0.3 is 0 Å². The molecule has 2 aliphatic carbocycles. The molecule has 0 unspecified atom stereocenters. The Morgan fingerprint density at radius 1 is 1.38 bits per heavy atom. The summed E-state index contributed by atoms with van der Waals surface area (Å²) in [6.07, 6.45) is 6.51. The van der Waals surface area contributed by atoms with Crippen LogP contribution in [0.3, 0.4) is 0 Å². The highest BCUT2D eigenvalue weighted by molar-refractivity contribution is 5.40. The average Bonchev–Trinajstić information content (AvgIpc) is 2.24. The fourth-order valence-electron chi connectivity index (χ4n) is 3.18. The summed E-state index contributed by atoms with van der Waals surface area (Å²) in [7, 11) is 0. The van der Waals surface area contributed by atoms with E-state index >= 15 is 0 Å². The molecule has 0 heterocycles. The molecule has 0 fully saturated rings. The third-order valence-electron chi connectivity index (χ3n) is 4.61. The minimum Gasteiger partial charge on any atom is -0.392 e. The summed E-state index contributed by atoms with van der Waals surface area (Å²) < 4.78 is 0. The summed E-state index contributed by atoms with van der Waals surface area (Å²) in [5.74, 6) is 0.643. The Labute approximate surface area is 99.3 Å². The van der Waals surface area contributed by atoms with Gasteiger partial charge in [-0.1, -0.05) is 38.0 Å². The zero-order valence-corrected chi connectivity index (χ0v) is 11.0. The van der Waals surface area contributed by atoms with Gasteiger partial charge in [-0.15, -0.1) is 0 Å². The van der Waals surface area contributed by atoms with Crippen molar-refractivity contribution in [1.82, 2.24) is 0 Å². The van der Waals surface area contributed by atoms with Gasteiger partial charge in [-0.25, -0.2) is 0 Å². The molecule has 0 aliphatic heterocycles. The fourth-order valence-corrected chi connectivity index (χ4v) is 3.18. The van der Waals surface area contributed by atoms with Crippen LogP contribution in [0.1, 0.15) is 53.4 Å². The summed E-state index contributed by atoms with van der Waals surface area (Å²) in [6, 6.07) is 0. The maximum Gasteiger partial charge on any atom is 0.0637 e. The predicted octanol–water partition coefficient (Wildman–Crippen LogP) is 3.84. The molecule has 0 aromatic heterocycles. The van der Waals surface area contributed by atoms with E-state index in [9.17, 15) is 5.11 Å². The topological polar surface area (TPSA) is 20.2 Å². The van der Waals surface area contributed by atoms with Crippen LogP contribution in [0.25, 0.3) is 0 Å². The van der Waals surface area contributed by atoms with Gasteiger partial charge in [0, 0.05) is 5.41 Å². The normalized spacial score (nSPS) is 35.1. The molecule has 1 heteroatoms. The van der Waals surface area contributed by atoms with E-state index in [-0.39, 0.29) is 11.5 Å². The molecule has 1 N–H and O–H groups in total. The number of aliphatic hydroxyl groups excluding tert-OH is 1. The second-order valence-electron chi connectivity index (χ2n) is 6.04. The number of aliphatic hydroxyl groups is 1. The first-order chi connectivity index (χ1) is 7.45. The summed E-state index contributed by atoms with van der Waals surface area (Å²) in [5, 5.41) is 10.2. The van der Waals surface area contributed by atoms with Crippen molar-refractivity contribution in [1.29, 1.82) is 0 Å². The van der Waals surface area contributed by atoms with E-state index in [1.165, 1.54) is 11.1 Å². The van der Waals surface area contributed by atoms with Crippen molar-refractivity contribution in [2.75, 3.05) is 0 Å². The fraction of sp³-hybridized carbons (Fsp3) is 0.733. The van der Waals surface area contributed by atoms with Gasteiger partial charge < -0.3 is 5.11 Å². The molecule has 16 heavy (non-hydrogen) atoms. The monoisotopic (exact) mass is 220 g/mol. The zero-order chi connectivity index (χ0) is 11.9. The Bertz CT molecular complexity index is 348. The molecule has 2 rings (SSSR count). The van der Waals surface area contributed by atoms with Crippen molar-refractivity contribution in [2.24, 2.45) is 11.3 Å². The largest absolute Gasteiger partial charge is 0.392 e.